The number of benzene rings is 1. The first-order chi connectivity index (χ1) is 11.6. The maximum Gasteiger partial charge on any atom is 0.387 e. The molecule has 0 atom stereocenters. The molecule has 0 amide bonds. The maximum atomic E-state index is 12.1. The molecule has 0 radical (unpaired) electrons. The predicted molar refractivity (Wildman–Crippen MR) is 82.7 cm³/mol. The second kappa shape index (κ2) is 7.16. The monoisotopic (exact) mass is 331 g/mol. The zero-order chi connectivity index (χ0) is 16.9. The highest BCUT2D eigenvalue weighted by Gasteiger charge is 2.10. The molecule has 0 unspecified atom stereocenters. The van der Waals surface area contributed by atoms with E-state index in [1.54, 1.807) is 18.3 Å². The van der Waals surface area contributed by atoms with Gasteiger partial charge >= 0.3 is 6.61 Å². The number of hydrogen-bond donors (Lipinski definition) is 0. The molecule has 0 saturated carbocycles. The van der Waals surface area contributed by atoms with Crippen molar-refractivity contribution in [1.82, 2.24) is 15.1 Å². The Bertz CT molecular complexity index is 804. The predicted octanol–water partition coefficient (Wildman–Crippen LogP) is 3.83. The van der Waals surface area contributed by atoms with Crippen LogP contribution in [0.3, 0.4) is 0 Å². The van der Waals surface area contributed by atoms with Crippen LogP contribution in [0.1, 0.15) is 17.1 Å². The van der Waals surface area contributed by atoms with E-state index < -0.39 is 6.61 Å². The molecule has 24 heavy (non-hydrogen) atoms. The van der Waals surface area contributed by atoms with Gasteiger partial charge in [0.1, 0.15) is 5.75 Å². The summed E-state index contributed by atoms with van der Waals surface area (Å²) in [5, 5.41) is 3.96. The molecule has 7 heteroatoms. The number of nitrogens with zero attached hydrogens (tertiary/aromatic N) is 3. The lowest BCUT2D eigenvalue weighted by atomic mass is 10.1. The molecular formula is C17H15F2N3O2. The van der Waals surface area contributed by atoms with Crippen LogP contribution in [0, 0.1) is 6.92 Å². The largest absolute Gasteiger partial charge is 0.435 e. The van der Waals surface area contributed by atoms with E-state index in [1.807, 2.05) is 19.1 Å². The van der Waals surface area contributed by atoms with Crippen molar-refractivity contribution in [2.45, 2.75) is 26.4 Å². The van der Waals surface area contributed by atoms with Crippen LogP contribution in [0.5, 0.6) is 5.75 Å². The minimum Gasteiger partial charge on any atom is -0.435 e. The Morgan fingerprint density at radius 3 is 2.62 bits per heavy atom. The number of alkyl halides is 2. The van der Waals surface area contributed by atoms with E-state index in [9.17, 15) is 8.78 Å². The van der Waals surface area contributed by atoms with Crippen molar-refractivity contribution in [3.63, 3.8) is 0 Å². The van der Waals surface area contributed by atoms with Gasteiger partial charge < -0.3 is 9.26 Å². The summed E-state index contributed by atoms with van der Waals surface area (Å²) in [4.78, 5) is 8.49. The number of pyridine rings is 1. The molecule has 3 aromatic rings. The van der Waals surface area contributed by atoms with E-state index in [2.05, 4.69) is 19.9 Å². The Labute approximate surface area is 137 Å². The fourth-order valence-corrected chi connectivity index (χ4v) is 2.25. The smallest absolute Gasteiger partial charge is 0.387 e. The number of aromatic nitrogens is 3. The lowest BCUT2D eigenvalue weighted by molar-refractivity contribution is -0.0498. The molecule has 2 heterocycles. The molecule has 5 nitrogen and oxygen atoms in total. The van der Waals surface area contributed by atoms with E-state index >= 15 is 0 Å². The topological polar surface area (TPSA) is 61.0 Å². The zero-order valence-corrected chi connectivity index (χ0v) is 12.9. The average molecular weight is 331 g/mol. The Kier molecular flexibility index (Phi) is 4.79. The fourth-order valence-electron chi connectivity index (χ4n) is 2.25. The molecule has 2 aromatic heterocycles. The molecule has 0 spiro atoms. The van der Waals surface area contributed by atoms with Crippen molar-refractivity contribution in [1.29, 1.82) is 0 Å². The summed E-state index contributed by atoms with van der Waals surface area (Å²) in [5.74, 6) is 1.19. The SMILES string of the molecule is Cc1cc(-c2nc(CCc3ccc(OC(F)F)cc3)no2)ccn1. The Balaban J connectivity index is 1.61. The highest BCUT2D eigenvalue weighted by Crippen LogP contribution is 2.19. The summed E-state index contributed by atoms with van der Waals surface area (Å²) in [6.45, 7) is -0.923. The van der Waals surface area contributed by atoms with Gasteiger partial charge in [0, 0.05) is 23.9 Å². The third-order valence-corrected chi connectivity index (χ3v) is 3.40. The van der Waals surface area contributed by atoms with Gasteiger partial charge in [0.25, 0.3) is 5.89 Å². The average Bonchev–Trinajstić information content (AvgIpc) is 3.03. The third kappa shape index (κ3) is 4.13. The summed E-state index contributed by atoms with van der Waals surface area (Å²) in [6, 6.07) is 10.2. The lowest BCUT2D eigenvalue weighted by Gasteiger charge is -2.05. The first kappa shape index (κ1) is 16.0. The van der Waals surface area contributed by atoms with Crippen molar-refractivity contribution in [2.24, 2.45) is 0 Å². The standard InChI is InChI=1S/C17H15F2N3O2/c1-11-10-13(8-9-20-11)16-21-15(22-24-16)7-4-12-2-5-14(6-3-12)23-17(18)19/h2-3,5-6,8-10,17H,4,7H2,1H3. The van der Waals surface area contributed by atoms with Crippen molar-refractivity contribution < 1.29 is 18.0 Å². The Morgan fingerprint density at radius 2 is 1.92 bits per heavy atom. The van der Waals surface area contributed by atoms with Gasteiger partial charge in [-0.2, -0.15) is 13.8 Å². The number of halogens is 2. The quantitative estimate of drug-likeness (QED) is 0.687. The molecular weight excluding hydrogens is 316 g/mol. The van der Waals surface area contributed by atoms with Crippen LogP contribution in [0.15, 0.2) is 47.1 Å². The molecule has 0 fully saturated rings. The summed E-state index contributed by atoms with van der Waals surface area (Å²) in [5.41, 5.74) is 2.68. The summed E-state index contributed by atoms with van der Waals surface area (Å²) < 4.78 is 33.8. The van der Waals surface area contributed by atoms with Crippen LogP contribution < -0.4 is 4.74 Å². The van der Waals surface area contributed by atoms with Gasteiger partial charge in [-0.05, 0) is 43.2 Å². The second-order valence-corrected chi connectivity index (χ2v) is 5.22. The molecule has 3 rings (SSSR count). The minimum atomic E-state index is -2.81. The molecule has 0 bridgehead atoms. The van der Waals surface area contributed by atoms with E-state index in [0.29, 0.717) is 24.6 Å². The van der Waals surface area contributed by atoms with Gasteiger partial charge in [-0.25, -0.2) is 0 Å². The number of hydrogen-bond acceptors (Lipinski definition) is 5. The first-order valence-corrected chi connectivity index (χ1v) is 7.39. The highest BCUT2D eigenvalue weighted by atomic mass is 19.3. The van der Waals surface area contributed by atoms with Crippen LogP contribution in [0.2, 0.25) is 0 Å². The summed E-state index contributed by atoms with van der Waals surface area (Å²) in [7, 11) is 0. The van der Waals surface area contributed by atoms with E-state index in [0.717, 1.165) is 16.8 Å². The van der Waals surface area contributed by atoms with Crippen molar-refractivity contribution >= 4 is 0 Å². The van der Waals surface area contributed by atoms with Gasteiger partial charge in [0.2, 0.25) is 0 Å². The second-order valence-electron chi connectivity index (χ2n) is 5.22. The highest BCUT2D eigenvalue weighted by molar-refractivity contribution is 5.52. The third-order valence-electron chi connectivity index (χ3n) is 3.40. The van der Waals surface area contributed by atoms with Crippen LogP contribution in [0.25, 0.3) is 11.5 Å². The van der Waals surface area contributed by atoms with Crippen LogP contribution in [-0.2, 0) is 12.8 Å². The zero-order valence-electron chi connectivity index (χ0n) is 12.9. The molecule has 0 aliphatic carbocycles. The van der Waals surface area contributed by atoms with E-state index in [-0.39, 0.29) is 5.75 Å². The fraction of sp³-hybridized carbons (Fsp3) is 0.235. The van der Waals surface area contributed by atoms with Crippen LogP contribution in [0.4, 0.5) is 8.78 Å². The molecule has 124 valence electrons. The van der Waals surface area contributed by atoms with E-state index in [4.69, 9.17) is 4.52 Å². The summed E-state index contributed by atoms with van der Waals surface area (Å²) >= 11 is 0. The molecule has 0 aliphatic heterocycles. The van der Waals surface area contributed by atoms with E-state index in [1.165, 1.54) is 12.1 Å². The van der Waals surface area contributed by atoms with Gasteiger partial charge in [-0.1, -0.05) is 17.3 Å². The number of rotatable bonds is 6. The normalized spacial score (nSPS) is 11.0. The lowest BCUT2D eigenvalue weighted by Crippen LogP contribution is -2.01. The molecule has 1 aromatic carbocycles. The molecule has 0 saturated heterocycles. The van der Waals surface area contributed by atoms with Gasteiger partial charge in [0.15, 0.2) is 5.82 Å². The Morgan fingerprint density at radius 1 is 1.12 bits per heavy atom. The van der Waals surface area contributed by atoms with Gasteiger partial charge in [-0.3, -0.25) is 4.98 Å². The molecule has 0 N–H and O–H groups in total. The van der Waals surface area contributed by atoms with Gasteiger partial charge in [-0.15, -0.1) is 0 Å². The Hall–Kier alpha value is -2.83. The van der Waals surface area contributed by atoms with Crippen molar-refractivity contribution in [3.8, 4) is 17.2 Å². The minimum absolute atomic E-state index is 0.142. The number of ether oxygens (including phenoxy) is 1. The van der Waals surface area contributed by atoms with Crippen molar-refractivity contribution in [3.05, 3.63) is 59.7 Å². The summed E-state index contributed by atoms with van der Waals surface area (Å²) in [6.07, 6.45) is 2.95. The van der Waals surface area contributed by atoms with Crippen molar-refractivity contribution in [2.75, 3.05) is 0 Å². The van der Waals surface area contributed by atoms with Crippen LogP contribution >= 0.6 is 0 Å². The molecule has 0 aliphatic rings. The number of aryl methyl sites for hydroxylation is 3. The first-order valence-electron chi connectivity index (χ1n) is 7.39. The maximum absolute atomic E-state index is 12.1. The van der Waals surface area contributed by atoms with Crippen LogP contribution in [-0.4, -0.2) is 21.7 Å². The van der Waals surface area contributed by atoms with Gasteiger partial charge in [0.05, 0.1) is 0 Å².